The van der Waals surface area contributed by atoms with Gasteiger partial charge in [-0.3, -0.25) is 0 Å². The molecule has 2 unspecified atom stereocenters. The molecule has 2 fully saturated rings. The molecule has 0 saturated carbocycles. The molecule has 2 heterocycles. The second kappa shape index (κ2) is 5.62. The summed E-state index contributed by atoms with van der Waals surface area (Å²) in [5.41, 5.74) is 2.25. The zero-order valence-electron chi connectivity index (χ0n) is 12.3. The first-order valence-electron chi connectivity index (χ1n) is 7.34. The Hall–Kier alpha value is -1.26. The van der Waals surface area contributed by atoms with E-state index in [4.69, 9.17) is 14.2 Å². The van der Waals surface area contributed by atoms with Gasteiger partial charge < -0.3 is 19.5 Å². The molecule has 20 heavy (non-hydrogen) atoms. The van der Waals surface area contributed by atoms with Gasteiger partial charge in [-0.05, 0) is 37.5 Å². The normalized spacial score (nSPS) is 29.6. The van der Waals surface area contributed by atoms with Crippen LogP contribution in [0.5, 0.6) is 5.75 Å². The Balaban J connectivity index is 1.72. The second-order valence-electron chi connectivity index (χ2n) is 5.87. The van der Waals surface area contributed by atoms with Crippen LogP contribution in [0, 0.1) is 6.92 Å². The highest BCUT2D eigenvalue weighted by atomic mass is 16.6. The van der Waals surface area contributed by atoms with Gasteiger partial charge >= 0.3 is 0 Å². The summed E-state index contributed by atoms with van der Waals surface area (Å²) in [6.45, 7) is 4.45. The van der Waals surface area contributed by atoms with Gasteiger partial charge in [0.1, 0.15) is 5.75 Å². The van der Waals surface area contributed by atoms with E-state index in [0.29, 0.717) is 6.04 Å². The van der Waals surface area contributed by atoms with Crippen LogP contribution in [0.3, 0.4) is 0 Å². The van der Waals surface area contributed by atoms with E-state index in [-0.39, 0.29) is 5.60 Å². The van der Waals surface area contributed by atoms with Gasteiger partial charge in [0.2, 0.25) is 0 Å². The van der Waals surface area contributed by atoms with Crippen LogP contribution in [0.15, 0.2) is 18.2 Å². The number of ether oxygens (including phenoxy) is 3. The zero-order chi connectivity index (χ0) is 14.0. The molecule has 0 radical (unpaired) electrons. The predicted octanol–water partition coefficient (Wildman–Crippen LogP) is 2.75. The summed E-state index contributed by atoms with van der Waals surface area (Å²) in [4.78, 5) is 0. The lowest BCUT2D eigenvalue weighted by Crippen LogP contribution is -2.44. The average molecular weight is 277 g/mol. The number of benzene rings is 1. The minimum atomic E-state index is -0.0625. The maximum atomic E-state index is 5.98. The van der Waals surface area contributed by atoms with Crippen LogP contribution < -0.4 is 10.1 Å². The maximum absolute atomic E-state index is 5.98. The van der Waals surface area contributed by atoms with Crippen LogP contribution in [-0.4, -0.2) is 38.6 Å². The quantitative estimate of drug-likeness (QED) is 0.922. The van der Waals surface area contributed by atoms with E-state index in [1.54, 1.807) is 7.11 Å². The van der Waals surface area contributed by atoms with E-state index in [9.17, 15) is 0 Å². The Morgan fingerprint density at radius 1 is 1.35 bits per heavy atom. The standard InChI is InChI=1S/C16H23NO3/c1-12-3-4-15(18-2)14(9-12)17-13-5-7-20-16(10-13)6-8-19-11-16/h3-4,9,13,17H,5-8,10-11H2,1-2H3. The number of nitrogens with one attached hydrogen (secondary N) is 1. The van der Waals surface area contributed by atoms with Crippen molar-refractivity contribution in [1.82, 2.24) is 0 Å². The molecule has 2 aliphatic rings. The molecule has 0 aromatic heterocycles. The Kier molecular flexibility index (Phi) is 3.85. The Labute approximate surface area is 120 Å². The van der Waals surface area contributed by atoms with Crippen molar-refractivity contribution in [1.29, 1.82) is 0 Å². The molecule has 1 aromatic rings. The SMILES string of the molecule is COc1ccc(C)cc1NC1CCOC2(CCOC2)C1. The number of methoxy groups -OCH3 is 1. The van der Waals surface area contributed by atoms with E-state index < -0.39 is 0 Å². The third-order valence-corrected chi connectivity index (χ3v) is 4.27. The summed E-state index contributed by atoms with van der Waals surface area (Å²) >= 11 is 0. The monoisotopic (exact) mass is 277 g/mol. The van der Waals surface area contributed by atoms with Crippen LogP contribution >= 0.6 is 0 Å². The Morgan fingerprint density at radius 3 is 3.00 bits per heavy atom. The molecule has 4 heteroatoms. The average Bonchev–Trinajstić information content (AvgIpc) is 2.87. The van der Waals surface area contributed by atoms with Gasteiger partial charge in [-0.2, -0.15) is 0 Å². The highest BCUT2D eigenvalue weighted by Gasteiger charge is 2.41. The van der Waals surface area contributed by atoms with Crippen molar-refractivity contribution in [3.05, 3.63) is 23.8 Å². The molecule has 4 nitrogen and oxygen atoms in total. The highest BCUT2D eigenvalue weighted by molar-refractivity contribution is 5.58. The number of rotatable bonds is 3. The molecule has 2 saturated heterocycles. The van der Waals surface area contributed by atoms with Gasteiger partial charge in [-0.15, -0.1) is 0 Å². The lowest BCUT2D eigenvalue weighted by Gasteiger charge is -2.38. The van der Waals surface area contributed by atoms with Crippen molar-refractivity contribution in [3.63, 3.8) is 0 Å². The molecule has 0 aliphatic carbocycles. The lowest BCUT2D eigenvalue weighted by atomic mass is 9.89. The molecular weight excluding hydrogens is 254 g/mol. The van der Waals surface area contributed by atoms with Crippen LogP contribution in [0.1, 0.15) is 24.8 Å². The molecule has 2 aliphatic heterocycles. The summed E-state index contributed by atoms with van der Waals surface area (Å²) in [7, 11) is 1.71. The van der Waals surface area contributed by atoms with Crippen molar-refractivity contribution in [2.75, 3.05) is 32.2 Å². The molecule has 1 N–H and O–H groups in total. The van der Waals surface area contributed by atoms with Crippen molar-refractivity contribution in [2.24, 2.45) is 0 Å². The Morgan fingerprint density at radius 2 is 2.25 bits per heavy atom. The first kappa shape index (κ1) is 13.7. The Bertz CT molecular complexity index is 469. The summed E-state index contributed by atoms with van der Waals surface area (Å²) in [5, 5.41) is 3.63. The molecule has 2 atom stereocenters. The van der Waals surface area contributed by atoms with E-state index in [0.717, 1.165) is 50.5 Å². The molecule has 1 aromatic carbocycles. The maximum Gasteiger partial charge on any atom is 0.141 e. The summed E-state index contributed by atoms with van der Waals surface area (Å²) in [6, 6.07) is 6.65. The van der Waals surface area contributed by atoms with Gasteiger partial charge in [-0.1, -0.05) is 6.07 Å². The van der Waals surface area contributed by atoms with Crippen LogP contribution in [0.25, 0.3) is 0 Å². The van der Waals surface area contributed by atoms with E-state index >= 15 is 0 Å². The van der Waals surface area contributed by atoms with Crippen molar-refractivity contribution in [2.45, 2.75) is 37.8 Å². The van der Waals surface area contributed by atoms with Crippen molar-refractivity contribution < 1.29 is 14.2 Å². The van der Waals surface area contributed by atoms with Crippen LogP contribution in [0.2, 0.25) is 0 Å². The molecule has 3 rings (SSSR count). The summed E-state index contributed by atoms with van der Waals surface area (Å²) < 4.78 is 16.9. The minimum absolute atomic E-state index is 0.0625. The van der Waals surface area contributed by atoms with E-state index in [2.05, 4.69) is 24.4 Å². The molecule has 0 amide bonds. The van der Waals surface area contributed by atoms with Gasteiger partial charge in [-0.25, -0.2) is 0 Å². The van der Waals surface area contributed by atoms with Crippen molar-refractivity contribution >= 4 is 5.69 Å². The van der Waals surface area contributed by atoms with Gasteiger partial charge in [0.15, 0.2) is 0 Å². The van der Waals surface area contributed by atoms with E-state index in [1.807, 2.05) is 6.07 Å². The van der Waals surface area contributed by atoms with Gasteiger partial charge in [0.05, 0.1) is 25.0 Å². The fourth-order valence-electron chi connectivity index (χ4n) is 3.17. The van der Waals surface area contributed by atoms with Gasteiger partial charge in [0.25, 0.3) is 0 Å². The number of hydrogen-bond acceptors (Lipinski definition) is 4. The number of aryl methyl sites for hydroxylation is 1. The zero-order valence-corrected chi connectivity index (χ0v) is 12.3. The predicted molar refractivity (Wildman–Crippen MR) is 78.5 cm³/mol. The first-order valence-corrected chi connectivity index (χ1v) is 7.34. The first-order chi connectivity index (χ1) is 9.71. The molecule has 1 spiro atoms. The van der Waals surface area contributed by atoms with Gasteiger partial charge in [0, 0.05) is 25.7 Å². The molecule has 110 valence electrons. The smallest absolute Gasteiger partial charge is 0.141 e. The highest BCUT2D eigenvalue weighted by Crippen LogP contribution is 2.35. The minimum Gasteiger partial charge on any atom is -0.495 e. The summed E-state index contributed by atoms with van der Waals surface area (Å²) in [6.07, 6.45) is 3.04. The van der Waals surface area contributed by atoms with Crippen LogP contribution in [0.4, 0.5) is 5.69 Å². The largest absolute Gasteiger partial charge is 0.495 e. The molecular formula is C16H23NO3. The van der Waals surface area contributed by atoms with Crippen molar-refractivity contribution in [3.8, 4) is 5.75 Å². The third-order valence-electron chi connectivity index (χ3n) is 4.27. The molecule has 0 bridgehead atoms. The second-order valence-corrected chi connectivity index (χ2v) is 5.87. The fourth-order valence-corrected chi connectivity index (χ4v) is 3.17. The lowest BCUT2D eigenvalue weighted by molar-refractivity contribution is -0.0828. The number of hydrogen-bond donors (Lipinski definition) is 1. The fraction of sp³-hybridized carbons (Fsp3) is 0.625. The van der Waals surface area contributed by atoms with E-state index in [1.165, 1.54) is 5.56 Å². The van der Waals surface area contributed by atoms with Crippen LogP contribution in [-0.2, 0) is 9.47 Å². The summed E-state index contributed by atoms with van der Waals surface area (Å²) in [5.74, 6) is 0.902. The number of anilines is 1. The third kappa shape index (κ3) is 2.76. The topological polar surface area (TPSA) is 39.7 Å².